The first-order chi connectivity index (χ1) is 20.0. The van der Waals surface area contributed by atoms with E-state index in [0.29, 0.717) is 27.5 Å². The second-order valence-corrected chi connectivity index (χ2v) is 11.5. The van der Waals surface area contributed by atoms with Crippen LogP contribution in [0.15, 0.2) is 108 Å². The first-order valence-corrected chi connectivity index (χ1v) is 15.3. The van der Waals surface area contributed by atoms with E-state index in [0.717, 1.165) is 29.9 Å². The monoisotopic (exact) mass is 567 g/mol. The fourth-order valence-electron chi connectivity index (χ4n) is 4.73. The lowest BCUT2D eigenvalue weighted by Crippen LogP contribution is -2.12. The van der Waals surface area contributed by atoms with Crippen LogP contribution in [-0.4, -0.2) is 29.0 Å². The highest BCUT2D eigenvalue weighted by Crippen LogP contribution is 2.47. The van der Waals surface area contributed by atoms with Crippen molar-refractivity contribution < 1.29 is 18.7 Å². The van der Waals surface area contributed by atoms with Gasteiger partial charge < -0.3 is 24.5 Å². The summed E-state index contributed by atoms with van der Waals surface area (Å²) in [7, 11) is -3.53. The number of nitrogens with zero attached hydrogens (tertiary/aromatic N) is 1. The fraction of sp³-hybridized carbons (Fsp3) is 0.182. The first-order valence-electron chi connectivity index (χ1n) is 13.7. The van der Waals surface area contributed by atoms with Gasteiger partial charge in [0.15, 0.2) is 5.88 Å². The van der Waals surface area contributed by atoms with Crippen molar-refractivity contribution in [1.82, 2.24) is 10.3 Å². The van der Waals surface area contributed by atoms with E-state index in [4.69, 9.17) is 14.0 Å². The second-order valence-electron chi connectivity index (χ2n) is 9.49. The van der Waals surface area contributed by atoms with Gasteiger partial charge in [-0.3, -0.25) is 4.57 Å². The number of rotatable bonds is 12. The Hall–Kier alpha value is -4.00. The Balaban J connectivity index is 1.50. The first kappa shape index (κ1) is 28.5. The zero-order chi connectivity index (χ0) is 28.7. The molecule has 5 rings (SSSR count). The number of benzene rings is 4. The van der Waals surface area contributed by atoms with Crippen molar-refractivity contribution >= 4 is 35.2 Å². The Morgan fingerprint density at radius 1 is 0.829 bits per heavy atom. The van der Waals surface area contributed by atoms with Crippen LogP contribution in [0.4, 0.5) is 5.69 Å². The number of aliphatic imine (C=N–C) groups is 1. The van der Waals surface area contributed by atoms with Crippen LogP contribution in [0.5, 0.6) is 5.88 Å². The van der Waals surface area contributed by atoms with Crippen LogP contribution in [0.3, 0.4) is 0 Å². The Morgan fingerprint density at radius 2 is 1.44 bits per heavy atom. The van der Waals surface area contributed by atoms with Crippen molar-refractivity contribution in [3.05, 3.63) is 125 Å². The minimum Gasteiger partial charge on any atom is -0.494 e. The lowest BCUT2D eigenvalue weighted by molar-refractivity contribution is 0.230. The summed E-state index contributed by atoms with van der Waals surface area (Å²) >= 11 is 0. The lowest BCUT2D eigenvalue weighted by Gasteiger charge is -2.17. The summed E-state index contributed by atoms with van der Waals surface area (Å²) in [5.41, 5.74) is 5.75. The van der Waals surface area contributed by atoms with Crippen LogP contribution in [0.1, 0.15) is 36.1 Å². The summed E-state index contributed by atoms with van der Waals surface area (Å²) in [6, 6.07) is 33.3. The molecule has 41 heavy (non-hydrogen) atoms. The molecular weight excluding hydrogens is 533 g/mol. The Labute approximate surface area is 240 Å². The van der Waals surface area contributed by atoms with Crippen molar-refractivity contribution in [3.63, 3.8) is 0 Å². The summed E-state index contributed by atoms with van der Waals surface area (Å²) in [6.45, 7) is 5.58. The number of hydrogen-bond donors (Lipinski definition) is 3. The number of aromatic amines is 1. The summed E-state index contributed by atoms with van der Waals surface area (Å²) in [5, 5.41) is 15.7. The third-order valence-electron chi connectivity index (χ3n) is 6.64. The van der Waals surface area contributed by atoms with Crippen LogP contribution in [0.25, 0.3) is 10.9 Å². The molecule has 7 nitrogen and oxygen atoms in total. The average molecular weight is 568 g/mol. The fourth-order valence-corrected chi connectivity index (χ4v) is 6.32. The van der Waals surface area contributed by atoms with Gasteiger partial charge in [-0.2, -0.15) is 0 Å². The van der Waals surface area contributed by atoms with Crippen LogP contribution in [0.2, 0.25) is 0 Å². The Kier molecular flexibility index (Phi) is 9.12. The molecule has 0 amide bonds. The predicted molar refractivity (Wildman–Crippen MR) is 166 cm³/mol. The van der Waals surface area contributed by atoms with Gasteiger partial charge >= 0.3 is 7.60 Å². The lowest BCUT2D eigenvalue weighted by atomic mass is 10.0. The van der Waals surface area contributed by atoms with Gasteiger partial charge in [0.1, 0.15) is 0 Å². The van der Waals surface area contributed by atoms with Crippen LogP contribution in [0, 0.1) is 0 Å². The number of aromatic nitrogens is 1. The minimum atomic E-state index is -3.53. The third kappa shape index (κ3) is 6.67. The van der Waals surface area contributed by atoms with Crippen molar-refractivity contribution in [2.45, 2.75) is 26.9 Å². The number of fused-ring (bicyclic) bond motifs is 1. The topological polar surface area (TPSA) is 95.9 Å². The normalized spacial score (nSPS) is 12.2. The zero-order valence-corrected chi connectivity index (χ0v) is 24.1. The van der Waals surface area contributed by atoms with Crippen LogP contribution < -0.4 is 10.6 Å². The molecule has 0 fully saturated rings. The van der Waals surface area contributed by atoms with Gasteiger partial charge in [-0.05, 0) is 55.3 Å². The van der Waals surface area contributed by atoms with Gasteiger partial charge in [0.05, 0.1) is 35.5 Å². The van der Waals surface area contributed by atoms with Crippen molar-refractivity contribution in [2.24, 2.45) is 4.99 Å². The van der Waals surface area contributed by atoms with E-state index < -0.39 is 7.60 Å². The quantitative estimate of drug-likeness (QED) is 0.109. The molecule has 0 aliphatic carbocycles. The molecule has 0 radical (unpaired) electrons. The molecule has 0 bridgehead atoms. The molecule has 1 aromatic heterocycles. The zero-order valence-electron chi connectivity index (χ0n) is 23.2. The van der Waals surface area contributed by atoms with Crippen molar-refractivity contribution in [3.8, 4) is 5.88 Å². The average Bonchev–Trinajstić information content (AvgIpc) is 3.32. The van der Waals surface area contributed by atoms with Crippen molar-refractivity contribution in [1.29, 1.82) is 0 Å². The van der Waals surface area contributed by atoms with Gasteiger partial charge in [-0.15, -0.1) is 0 Å². The van der Waals surface area contributed by atoms with E-state index >= 15 is 0 Å². The Morgan fingerprint density at radius 3 is 2.07 bits per heavy atom. The molecule has 1 heterocycles. The summed E-state index contributed by atoms with van der Waals surface area (Å²) in [6.07, 6.45) is 0. The van der Waals surface area contributed by atoms with E-state index in [1.807, 2.05) is 72.8 Å². The van der Waals surface area contributed by atoms with Gasteiger partial charge in [0, 0.05) is 29.6 Å². The van der Waals surface area contributed by atoms with E-state index in [1.54, 1.807) is 32.0 Å². The molecule has 4 aromatic carbocycles. The SMILES string of the molecule is CCOP(=O)(OCC)c1ccc2[nH]c(O)c(C(=Nc3ccc(CNCc4ccccc4)cc3)c3ccccc3)c2c1. The smallest absolute Gasteiger partial charge is 0.361 e. The maximum atomic E-state index is 13.5. The standard InChI is InChI=1S/C33H34N3O4P/c1-3-39-41(38,40-4-2)28-19-20-30-29(21-28)31(33(37)36-30)32(26-13-9-6-10-14-26)35-27-17-15-25(16-18-27)23-34-22-24-11-7-5-8-12-24/h5-21,34,36-37H,3-4,22-23H2,1-2H3. The van der Waals surface area contributed by atoms with Crippen LogP contribution in [-0.2, 0) is 26.7 Å². The molecule has 0 saturated heterocycles. The predicted octanol–water partition coefficient (Wildman–Crippen LogP) is 7.22. The van der Waals surface area contributed by atoms with E-state index in [1.165, 1.54) is 5.56 Å². The molecular formula is C33H34N3O4P. The summed E-state index contributed by atoms with van der Waals surface area (Å²) in [5.74, 6) is -0.0239. The van der Waals surface area contributed by atoms with Crippen LogP contribution >= 0.6 is 7.60 Å². The molecule has 0 spiro atoms. The number of hydrogen-bond acceptors (Lipinski definition) is 6. The van der Waals surface area contributed by atoms with E-state index in [2.05, 4.69) is 22.4 Å². The second kappa shape index (κ2) is 13.1. The summed E-state index contributed by atoms with van der Waals surface area (Å²) in [4.78, 5) is 8.05. The number of nitrogens with one attached hydrogen (secondary N) is 2. The maximum Gasteiger partial charge on any atom is 0.361 e. The molecule has 3 N–H and O–H groups in total. The maximum absolute atomic E-state index is 13.5. The Bertz CT molecular complexity index is 1660. The molecule has 0 atom stereocenters. The molecule has 5 aromatic rings. The highest BCUT2D eigenvalue weighted by Gasteiger charge is 2.28. The molecule has 210 valence electrons. The largest absolute Gasteiger partial charge is 0.494 e. The molecule has 0 aliphatic rings. The number of H-pyrrole nitrogens is 1. The minimum absolute atomic E-state index is 0.0239. The third-order valence-corrected chi connectivity index (χ3v) is 8.75. The number of aromatic hydroxyl groups is 1. The van der Waals surface area contributed by atoms with Gasteiger partial charge in [-0.25, -0.2) is 4.99 Å². The molecule has 0 unspecified atom stereocenters. The highest BCUT2D eigenvalue weighted by atomic mass is 31.2. The molecule has 0 aliphatic heterocycles. The van der Waals surface area contributed by atoms with Gasteiger partial charge in [0.25, 0.3) is 0 Å². The van der Waals surface area contributed by atoms with Crippen molar-refractivity contribution in [2.75, 3.05) is 13.2 Å². The highest BCUT2D eigenvalue weighted by molar-refractivity contribution is 7.62. The van der Waals surface area contributed by atoms with Gasteiger partial charge in [-0.1, -0.05) is 72.8 Å². The van der Waals surface area contributed by atoms with Gasteiger partial charge in [0.2, 0.25) is 0 Å². The molecule has 8 heteroatoms. The van der Waals surface area contributed by atoms with E-state index in [-0.39, 0.29) is 19.1 Å². The summed E-state index contributed by atoms with van der Waals surface area (Å²) < 4.78 is 24.7. The van der Waals surface area contributed by atoms with E-state index in [9.17, 15) is 9.67 Å². The molecule has 0 saturated carbocycles.